The van der Waals surface area contributed by atoms with Gasteiger partial charge >= 0.3 is 0 Å². The van der Waals surface area contributed by atoms with Crippen LogP contribution >= 0.6 is 0 Å². The van der Waals surface area contributed by atoms with Crippen LogP contribution in [0.15, 0.2) is 66.0 Å². The second-order valence-electron chi connectivity index (χ2n) is 10.2. The van der Waals surface area contributed by atoms with Crippen molar-refractivity contribution in [2.24, 2.45) is 0 Å². The summed E-state index contributed by atoms with van der Waals surface area (Å²) in [5.41, 5.74) is 5.12. The third kappa shape index (κ3) is 5.45. The first-order valence-corrected chi connectivity index (χ1v) is 13.2. The lowest BCUT2D eigenvalue weighted by Crippen LogP contribution is -2.43. The summed E-state index contributed by atoms with van der Waals surface area (Å²) in [5, 5.41) is 8.04. The smallest absolute Gasteiger partial charge is 0.273 e. The van der Waals surface area contributed by atoms with E-state index in [-0.39, 0.29) is 5.56 Å². The lowest BCUT2D eigenvalue weighted by molar-refractivity contribution is 0.119. The molecule has 1 saturated heterocycles. The topological polar surface area (TPSA) is 68.0 Å². The van der Waals surface area contributed by atoms with E-state index in [0.29, 0.717) is 17.3 Å². The predicted octanol–water partition coefficient (Wildman–Crippen LogP) is 5.51. The highest BCUT2D eigenvalue weighted by Crippen LogP contribution is 2.31. The standard InChI is InChI=1S/C30H37N5O/c1-4-6-8-22(7-5-2)28-19-26(30(36)33-32-28)29-18-23-10-9-21(17-27(23)31-29)20-34(3)24-13-15-35(16-14-24)25-11-12-25/h5-10,17-19,24-25,31H,2,4,11-16,20H2,1,3H3,(H,33,36)/b8-6-,22-7+. The zero-order valence-electron chi connectivity index (χ0n) is 21.5. The highest BCUT2D eigenvalue weighted by atomic mass is 16.1. The summed E-state index contributed by atoms with van der Waals surface area (Å²) >= 11 is 0. The van der Waals surface area contributed by atoms with Crippen LogP contribution in [0.4, 0.5) is 0 Å². The molecule has 0 spiro atoms. The number of likely N-dealkylation sites (tertiary alicyclic amines) is 1. The van der Waals surface area contributed by atoms with Gasteiger partial charge in [-0.1, -0.05) is 49.9 Å². The molecule has 3 aromatic rings. The van der Waals surface area contributed by atoms with Crippen molar-refractivity contribution in [1.29, 1.82) is 0 Å². The monoisotopic (exact) mass is 483 g/mol. The van der Waals surface area contributed by atoms with E-state index < -0.39 is 0 Å². The summed E-state index contributed by atoms with van der Waals surface area (Å²) in [6.07, 6.45) is 13.9. The molecule has 0 radical (unpaired) electrons. The zero-order chi connectivity index (χ0) is 25.1. The van der Waals surface area contributed by atoms with Crippen molar-refractivity contribution in [3.05, 3.63) is 82.8 Å². The summed E-state index contributed by atoms with van der Waals surface area (Å²) in [7, 11) is 2.25. The third-order valence-corrected chi connectivity index (χ3v) is 7.52. The van der Waals surface area contributed by atoms with E-state index in [4.69, 9.17) is 0 Å². The lowest BCUT2D eigenvalue weighted by Gasteiger charge is -2.37. The fraction of sp³-hybridized carbons (Fsp3) is 0.400. The molecule has 0 bridgehead atoms. The Balaban J connectivity index is 1.34. The molecular formula is C30H37N5O. The highest BCUT2D eigenvalue weighted by Gasteiger charge is 2.32. The molecule has 2 aliphatic rings. The second-order valence-corrected chi connectivity index (χ2v) is 10.2. The van der Waals surface area contributed by atoms with Crippen LogP contribution in [0.25, 0.3) is 27.7 Å². The lowest BCUT2D eigenvalue weighted by atomic mass is 10.0. The number of rotatable bonds is 9. The number of nitrogens with zero attached hydrogens (tertiary/aromatic N) is 3. The molecule has 1 aromatic carbocycles. The molecule has 6 heteroatoms. The number of nitrogens with one attached hydrogen (secondary N) is 2. The maximum Gasteiger partial charge on any atom is 0.273 e. The molecule has 5 rings (SSSR count). The molecular weight excluding hydrogens is 446 g/mol. The Morgan fingerprint density at radius 1 is 1.19 bits per heavy atom. The number of aromatic nitrogens is 3. The number of hydrogen-bond acceptors (Lipinski definition) is 4. The van der Waals surface area contributed by atoms with Gasteiger partial charge in [-0.2, -0.15) is 5.10 Å². The first-order valence-electron chi connectivity index (χ1n) is 13.2. The van der Waals surface area contributed by atoms with Gasteiger partial charge in [0.15, 0.2) is 0 Å². The summed E-state index contributed by atoms with van der Waals surface area (Å²) in [6, 6.07) is 12.0. The Bertz CT molecular complexity index is 1330. The summed E-state index contributed by atoms with van der Waals surface area (Å²) in [6.45, 7) is 9.29. The van der Waals surface area contributed by atoms with Crippen molar-refractivity contribution in [1.82, 2.24) is 25.0 Å². The quantitative estimate of drug-likeness (QED) is 0.394. The largest absolute Gasteiger partial charge is 0.354 e. The Hall–Kier alpha value is -3.22. The predicted molar refractivity (Wildman–Crippen MR) is 149 cm³/mol. The van der Waals surface area contributed by atoms with Gasteiger partial charge in [-0.05, 0) is 76.0 Å². The van der Waals surface area contributed by atoms with Gasteiger partial charge in [0.25, 0.3) is 5.56 Å². The van der Waals surface area contributed by atoms with Crippen molar-refractivity contribution in [2.45, 2.75) is 57.7 Å². The Morgan fingerprint density at radius 3 is 2.72 bits per heavy atom. The fourth-order valence-electron chi connectivity index (χ4n) is 5.32. The number of aromatic amines is 2. The van der Waals surface area contributed by atoms with Crippen LogP contribution < -0.4 is 5.56 Å². The van der Waals surface area contributed by atoms with Crippen molar-refractivity contribution < 1.29 is 0 Å². The minimum Gasteiger partial charge on any atom is -0.354 e. The number of benzene rings is 1. The second kappa shape index (κ2) is 10.8. The molecule has 1 aliphatic carbocycles. The Labute approximate surface area is 213 Å². The van der Waals surface area contributed by atoms with Crippen LogP contribution in [0.3, 0.4) is 0 Å². The van der Waals surface area contributed by atoms with E-state index in [9.17, 15) is 4.79 Å². The molecule has 1 saturated carbocycles. The van der Waals surface area contributed by atoms with E-state index >= 15 is 0 Å². The maximum absolute atomic E-state index is 12.7. The van der Waals surface area contributed by atoms with Crippen molar-refractivity contribution in [3.63, 3.8) is 0 Å². The normalized spacial score (nSPS) is 18.0. The third-order valence-electron chi connectivity index (χ3n) is 7.52. The van der Waals surface area contributed by atoms with Crippen molar-refractivity contribution in [3.8, 4) is 11.3 Å². The average Bonchev–Trinajstić information content (AvgIpc) is 3.66. The molecule has 6 nitrogen and oxygen atoms in total. The van der Waals surface area contributed by atoms with Crippen LogP contribution in [-0.2, 0) is 6.54 Å². The van der Waals surface area contributed by atoms with E-state index in [0.717, 1.165) is 41.2 Å². The molecule has 3 heterocycles. The summed E-state index contributed by atoms with van der Waals surface area (Å²) < 4.78 is 0. The van der Waals surface area contributed by atoms with Crippen molar-refractivity contribution >= 4 is 16.5 Å². The minimum atomic E-state index is -0.208. The summed E-state index contributed by atoms with van der Waals surface area (Å²) in [5.74, 6) is 0. The SMILES string of the molecule is C=C/C=C(\C=C/CC)c1cc(-c2cc3ccc(CN(C)C4CCN(C5CC5)CC4)cc3[nH]2)c(=O)[nH]n1. The molecule has 2 N–H and O–H groups in total. The van der Waals surface area contributed by atoms with Gasteiger partial charge in [-0.25, -0.2) is 5.10 Å². The van der Waals surface area contributed by atoms with E-state index in [1.165, 1.54) is 44.3 Å². The Morgan fingerprint density at radius 2 is 2.00 bits per heavy atom. The van der Waals surface area contributed by atoms with Crippen LogP contribution in [0.5, 0.6) is 0 Å². The molecule has 36 heavy (non-hydrogen) atoms. The first kappa shape index (κ1) is 24.5. The number of fused-ring (bicyclic) bond motifs is 1. The zero-order valence-corrected chi connectivity index (χ0v) is 21.5. The Kier molecular flexibility index (Phi) is 7.35. The molecule has 2 fully saturated rings. The molecule has 188 valence electrons. The highest BCUT2D eigenvalue weighted by molar-refractivity contribution is 5.87. The maximum atomic E-state index is 12.7. The number of H-pyrrole nitrogens is 2. The molecule has 0 amide bonds. The number of allylic oxidation sites excluding steroid dienone is 5. The van der Waals surface area contributed by atoms with E-state index in [2.05, 4.69) is 69.8 Å². The van der Waals surface area contributed by atoms with Gasteiger partial charge in [0, 0.05) is 35.1 Å². The van der Waals surface area contributed by atoms with Crippen LogP contribution in [0.2, 0.25) is 0 Å². The van der Waals surface area contributed by atoms with Gasteiger partial charge in [0.05, 0.1) is 17.0 Å². The first-order chi connectivity index (χ1) is 17.6. The van der Waals surface area contributed by atoms with Gasteiger partial charge < -0.3 is 9.88 Å². The van der Waals surface area contributed by atoms with Gasteiger partial charge in [0.2, 0.25) is 0 Å². The molecule has 2 aromatic heterocycles. The fourth-order valence-corrected chi connectivity index (χ4v) is 5.32. The molecule has 0 atom stereocenters. The minimum absolute atomic E-state index is 0.208. The van der Waals surface area contributed by atoms with Crippen LogP contribution in [0.1, 0.15) is 50.3 Å². The van der Waals surface area contributed by atoms with E-state index in [1.54, 1.807) is 6.08 Å². The molecule has 1 aliphatic heterocycles. The van der Waals surface area contributed by atoms with Crippen molar-refractivity contribution in [2.75, 3.05) is 20.1 Å². The number of hydrogen-bond donors (Lipinski definition) is 2. The van der Waals surface area contributed by atoms with Gasteiger partial charge in [-0.3, -0.25) is 9.69 Å². The van der Waals surface area contributed by atoms with Gasteiger partial charge in [0.1, 0.15) is 0 Å². The summed E-state index contributed by atoms with van der Waals surface area (Å²) in [4.78, 5) is 21.4. The van der Waals surface area contributed by atoms with Crippen LogP contribution in [0, 0.1) is 0 Å². The van der Waals surface area contributed by atoms with Crippen LogP contribution in [-0.4, -0.2) is 57.2 Å². The van der Waals surface area contributed by atoms with E-state index in [1.807, 2.05) is 24.3 Å². The van der Waals surface area contributed by atoms with Gasteiger partial charge in [-0.15, -0.1) is 0 Å². The average molecular weight is 484 g/mol. The molecule has 0 unspecified atom stereocenters. The number of piperidine rings is 1.